The van der Waals surface area contributed by atoms with Gasteiger partial charge in [0.1, 0.15) is 5.75 Å². The molecule has 0 radical (unpaired) electrons. The largest absolute Gasteiger partial charge is 0.497 e. The second-order valence-corrected chi connectivity index (χ2v) is 12.1. The van der Waals surface area contributed by atoms with E-state index in [1.54, 1.807) is 50.4 Å². The number of ether oxygens (including phenoxy) is 2. The maximum atomic E-state index is 13.4. The van der Waals surface area contributed by atoms with Crippen molar-refractivity contribution in [2.45, 2.75) is 37.5 Å². The molecule has 0 saturated carbocycles. The van der Waals surface area contributed by atoms with Crippen LogP contribution in [-0.2, 0) is 19.6 Å². The van der Waals surface area contributed by atoms with Crippen molar-refractivity contribution in [2.75, 3.05) is 32.1 Å². The van der Waals surface area contributed by atoms with Gasteiger partial charge in [0.05, 0.1) is 28.8 Å². The quantitative estimate of drug-likeness (QED) is 0.268. The molecule has 1 aromatic heterocycles. The van der Waals surface area contributed by atoms with Gasteiger partial charge in [-0.25, -0.2) is 18.2 Å². The van der Waals surface area contributed by atoms with Gasteiger partial charge >= 0.3 is 5.97 Å². The van der Waals surface area contributed by atoms with Crippen LogP contribution in [0.4, 0.5) is 5.69 Å². The average Bonchev–Trinajstić information content (AvgIpc) is 3.31. The summed E-state index contributed by atoms with van der Waals surface area (Å²) in [6, 6.07) is 20.9. The first-order chi connectivity index (χ1) is 20.3. The van der Waals surface area contributed by atoms with Crippen molar-refractivity contribution in [1.29, 1.82) is 0 Å². The third-order valence-electron chi connectivity index (χ3n) is 7.31. The fourth-order valence-corrected chi connectivity index (χ4v) is 6.80. The van der Waals surface area contributed by atoms with Crippen molar-refractivity contribution in [3.05, 3.63) is 83.9 Å². The van der Waals surface area contributed by atoms with Crippen LogP contribution in [-0.4, -0.2) is 56.4 Å². The molecule has 42 heavy (non-hydrogen) atoms. The van der Waals surface area contributed by atoms with Crippen molar-refractivity contribution in [3.8, 4) is 17.0 Å². The molecule has 0 bridgehead atoms. The minimum Gasteiger partial charge on any atom is -0.497 e. The van der Waals surface area contributed by atoms with Gasteiger partial charge in [-0.1, -0.05) is 37.1 Å². The molecule has 2 heterocycles. The smallest absolute Gasteiger partial charge is 0.339 e. The molecule has 3 aromatic carbocycles. The Kier molecular flexibility index (Phi) is 8.84. The molecule has 1 saturated heterocycles. The zero-order chi connectivity index (χ0) is 29.7. The number of benzene rings is 3. The molecular formula is C32H33N3O6S. The first-order valence-electron chi connectivity index (χ1n) is 13.9. The Balaban J connectivity index is 1.31. The average molecular weight is 588 g/mol. The van der Waals surface area contributed by atoms with Gasteiger partial charge in [-0.15, -0.1) is 0 Å². The minimum atomic E-state index is -3.70. The number of esters is 1. The molecule has 0 spiro atoms. The Bertz CT molecular complexity index is 1710. The fourth-order valence-electron chi connectivity index (χ4n) is 5.04. The van der Waals surface area contributed by atoms with E-state index in [0.717, 1.165) is 31.2 Å². The molecule has 0 unspecified atom stereocenters. The number of nitrogens with zero attached hydrogens (tertiary/aromatic N) is 2. The van der Waals surface area contributed by atoms with Gasteiger partial charge in [0, 0.05) is 29.7 Å². The number of methoxy groups -OCH3 is 1. The molecule has 10 heteroatoms. The van der Waals surface area contributed by atoms with Gasteiger partial charge in [0.2, 0.25) is 10.0 Å². The summed E-state index contributed by atoms with van der Waals surface area (Å²) in [5.41, 5.74) is 3.16. The maximum absolute atomic E-state index is 13.4. The number of nitrogens with one attached hydrogen (secondary N) is 1. The highest BCUT2D eigenvalue weighted by atomic mass is 32.2. The molecule has 9 nitrogen and oxygen atoms in total. The Hall–Kier alpha value is -4.28. The second kappa shape index (κ2) is 12.7. The van der Waals surface area contributed by atoms with E-state index in [1.165, 1.54) is 10.4 Å². The number of rotatable bonds is 8. The van der Waals surface area contributed by atoms with Crippen LogP contribution in [0.1, 0.15) is 41.6 Å². The lowest BCUT2D eigenvalue weighted by molar-refractivity contribution is -0.119. The summed E-state index contributed by atoms with van der Waals surface area (Å²) in [4.78, 5) is 30.8. The van der Waals surface area contributed by atoms with Crippen LogP contribution in [0.15, 0.2) is 77.7 Å². The van der Waals surface area contributed by atoms with Crippen LogP contribution in [0.3, 0.4) is 0 Å². The number of para-hydroxylation sites is 1. The van der Waals surface area contributed by atoms with E-state index in [-0.39, 0.29) is 10.5 Å². The zero-order valence-electron chi connectivity index (χ0n) is 23.6. The van der Waals surface area contributed by atoms with E-state index in [9.17, 15) is 18.0 Å². The Morgan fingerprint density at radius 2 is 1.64 bits per heavy atom. The Morgan fingerprint density at radius 1 is 0.929 bits per heavy atom. The molecule has 1 aliphatic heterocycles. The molecule has 1 aliphatic rings. The third-order valence-corrected chi connectivity index (χ3v) is 9.35. The fraction of sp³-hybridized carbons (Fsp3) is 0.281. The highest BCUT2D eigenvalue weighted by Gasteiger charge is 2.27. The van der Waals surface area contributed by atoms with E-state index in [2.05, 4.69) is 10.3 Å². The van der Waals surface area contributed by atoms with Crippen molar-refractivity contribution in [2.24, 2.45) is 0 Å². The summed E-state index contributed by atoms with van der Waals surface area (Å²) in [7, 11) is -2.12. The number of carbonyl (C=O) groups is 2. The van der Waals surface area contributed by atoms with E-state index in [4.69, 9.17) is 9.47 Å². The van der Waals surface area contributed by atoms with Crippen LogP contribution in [0.25, 0.3) is 22.2 Å². The SMILES string of the molecule is COc1ccc(-c2cc(C(=O)OCC(=O)Nc3ccc(C)c(S(=O)(=O)N4CCCCCC4)c3)c3ccccc3n2)cc1. The van der Waals surface area contributed by atoms with Crippen molar-refractivity contribution >= 4 is 38.5 Å². The van der Waals surface area contributed by atoms with Crippen LogP contribution in [0.5, 0.6) is 5.75 Å². The summed E-state index contributed by atoms with van der Waals surface area (Å²) in [6.07, 6.45) is 3.68. The van der Waals surface area contributed by atoms with Crippen LogP contribution >= 0.6 is 0 Å². The van der Waals surface area contributed by atoms with E-state index in [1.807, 2.05) is 30.3 Å². The monoisotopic (exact) mass is 587 g/mol. The molecule has 218 valence electrons. The van der Waals surface area contributed by atoms with Crippen molar-refractivity contribution in [3.63, 3.8) is 0 Å². The summed E-state index contributed by atoms with van der Waals surface area (Å²) in [5, 5.41) is 3.26. The van der Waals surface area contributed by atoms with Gasteiger partial charge in [-0.2, -0.15) is 4.31 Å². The first-order valence-corrected chi connectivity index (χ1v) is 15.3. The highest BCUT2D eigenvalue weighted by Crippen LogP contribution is 2.28. The number of aryl methyl sites for hydroxylation is 1. The molecular weight excluding hydrogens is 554 g/mol. The molecule has 4 aromatic rings. The van der Waals surface area contributed by atoms with Gasteiger partial charge < -0.3 is 14.8 Å². The lowest BCUT2D eigenvalue weighted by Gasteiger charge is -2.21. The van der Waals surface area contributed by atoms with Crippen LogP contribution in [0, 0.1) is 6.92 Å². The summed E-state index contributed by atoms with van der Waals surface area (Å²) in [6.45, 7) is 2.16. The predicted molar refractivity (Wildman–Crippen MR) is 161 cm³/mol. The lowest BCUT2D eigenvalue weighted by atomic mass is 10.0. The molecule has 1 fully saturated rings. The zero-order valence-corrected chi connectivity index (χ0v) is 24.4. The Morgan fingerprint density at radius 3 is 2.36 bits per heavy atom. The van der Waals surface area contributed by atoms with Gasteiger partial charge in [-0.3, -0.25) is 4.79 Å². The number of hydrogen-bond acceptors (Lipinski definition) is 7. The van der Waals surface area contributed by atoms with Crippen molar-refractivity contribution < 1.29 is 27.5 Å². The lowest BCUT2D eigenvalue weighted by Crippen LogP contribution is -2.32. The van der Waals surface area contributed by atoms with Crippen LogP contribution < -0.4 is 10.1 Å². The number of aromatic nitrogens is 1. The molecule has 0 aliphatic carbocycles. The number of sulfonamides is 1. The molecule has 1 amide bonds. The number of carbonyl (C=O) groups excluding carboxylic acids is 2. The number of hydrogen-bond donors (Lipinski definition) is 1. The number of amides is 1. The topological polar surface area (TPSA) is 115 Å². The van der Waals surface area contributed by atoms with E-state index < -0.39 is 28.5 Å². The normalized spacial score (nSPS) is 14.2. The predicted octanol–water partition coefficient (Wildman–Crippen LogP) is 5.58. The summed E-state index contributed by atoms with van der Waals surface area (Å²) < 4.78 is 38.9. The maximum Gasteiger partial charge on any atom is 0.339 e. The third kappa shape index (κ3) is 6.45. The summed E-state index contributed by atoms with van der Waals surface area (Å²) >= 11 is 0. The molecule has 1 N–H and O–H groups in total. The minimum absolute atomic E-state index is 0.161. The molecule has 5 rings (SSSR count). The number of fused-ring (bicyclic) bond motifs is 1. The Labute approximate surface area is 245 Å². The second-order valence-electron chi connectivity index (χ2n) is 10.2. The summed E-state index contributed by atoms with van der Waals surface area (Å²) in [5.74, 6) is -0.559. The van der Waals surface area contributed by atoms with E-state index >= 15 is 0 Å². The van der Waals surface area contributed by atoms with Gasteiger partial charge in [-0.05, 0) is 73.9 Å². The standard InChI is InChI=1S/C32H33N3O6S/c1-22-11-14-24(19-30(22)42(38,39)35-17-7-3-4-8-18-35)33-31(36)21-41-32(37)27-20-29(23-12-15-25(40-2)16-13-23)34-28-10-6-5-9-26(27)28/h5-6,9-16,19-20H,3-4,7-8,17-18,21H2,1-2H3,(H,33,36). The molecule has 0 atom stereocenters. The number of pyridine rings is 1. The van der Waals surface area contributed by atoms with Crippen molar-refractivity contribution in [1.82, 2.24) is 9.29 Å². The highest BCUT2D eigenvalue weighted by molar-refractivity contribution is 7.89. The van der Waals surface area contributed by atoms with Gasteiger partial charge in [0.15, 0.2) is 6.61 Å². The van der Waals surface area contributed by atoms with Crippen LogP contribution in [0.2, 0.25) is 0 Å². The first kappa shape index (κ1) is 29.2. The van der Waals surface area contributed by atoms with Gasteiger partial charge in [0.25, 0.3) is 5.91 Å². The van der Waals surface area contributed by atoms with E-state index in [0.29, 0.717) is 46.7 Å². The number of anilines is 1.